The molecule has 0 radical (unpaired) electrons. The van der Waals surface area contributed by atoms with Gasteiger partial charge in [0.1, 0.15) is 11.5 Å². The number of likely N-dealkylation sites (tertiary alicyclic amines) is 1. The number of halogens is 1. The van der Waals surface area contributed by atoms with Crippen LogP contribution in [0.25, 0.3) is 5.69 Å². The fraction of sp³-hybridized carbons (Fsp3) is 0.333. The zero-order valence-electron chi connectivity index (χ0n) is 16.9. The first-order valence-corrected chi connectivity index (χ1v) is 10.6. The van der Waals surface area contributed by atoms with Gasteiger partial charge in [-0.3, -0.25) is 4.79 Å². The van der Waals surface area contributed by atoms with E-state index in [1.54, 1.807) is 24.4 Å². The molecule has 0 bridgehead atoms. The topological polar surface area (TPSA) is 41.4 Å². The number of hydrogen-bond acceptors (Lipinski definition) is 3. The van der Waals surface area contributed by atoms with Gasteiger partial charge in [-0.05, 0) is 48.9 Å². The Morgan fingerprint density at radius 1 is 1.00 bits per heavy atom. The van der Waals surface area contributed by atoms with Crippen LogP contribution >= 0.6 is 0 Å². The summed E-state index contributed by atoms with van der Waals surface area (Å²) in [6, 6.07) is 15.1. The molecule has 2 aliphatic rings. The van der Waals surface area contributed by atoms with E-state index >= 15 is 0 Å². The van der Waals surface area contributed by atoms with Gasteiger partial charge in [-0.25, -0.2) is 9.07 Å². The highest BCUT2D eigenvalue weighted by Crippen LogP contribution is 2.30. The molecule has 0 saturated carbocycles. The van der Waals surface area contributed by atoms with E-state index in [0.29, 0.717) is 17.2 Å². The largest absolute Gasteiger partial charge is 0.371 e. The first-order valence-electron chi connectivity index (χ1n) is 10.6. The second-order valence-electron chi connectivity index (χ2n) is 8.19. The molecule has 5 rings (SSSR count). The minimum atomic E-state index is -0.358. The van der Waals surface area contributed by atoms with Crippen LogP contribution in [0, 0.1) is 11.7 Å². The minimum Gasteiger partial charge on any atom is -0.371 e. The van der Waals surface area contributed by atoms with Crippen molar-refractivity contribution in [1.29, 1.82) is 0 Å². The van der Waals surface area contributed by atoms with E-state index in [2.05, 4.69) is 34.3 Å². The van der Waals surface area contributed by atoms with Gasteiger partial charge in [-0.2, -0.15) is 5.10 Å². The Hall–Kier alpha value is -3.15. The average molecular weight is 404 g/mol. The van der Waals surface area contributed by atoms with Crippen LogP contribution in [-0.4, -0.2) is 46.8 Å². The third-order valence-corrected chi connectivity index (χ3v) is 6.29. The van der Waals surface area contributed by atoms with Crippen LogP contribution < -0.4 is 4.90 Å². The molecule has 5 nitrogen and oxygen atoms in total. The van der Waals surface area contributed by atoms with Crippen LogP contribution in [0.5, 0.6) is 0 Å². The summed E-state index contributed by atoms with van der Waals surface area (Å²) in [5.41, 5.74) is 3.67. The van der Waals surface area contributed by atoms with Gasteiger partial charge < -0.3 is 9.80 Å². The van der Waals surface area contributed by atoms with Crippen molar-refractivity contribution in [2.75, 3.05) is 31.1 Å². The molecule has 1 saturated heterocycles. The lowest BCUT2D eigenvalue weighted by molar-refractivity contribution is 0.0693. The normalized spacial score (nSPS) is 16.7. The van der Waals surface area contributed by atoms with Crippen molar-refractivity contribution in [3.63, 3.8) is 0 Å². The maximum Gasteiger partial charge on any atom is 0.257 e. The second kappa shape index (κ2) is 7.94. The van der Waals surface area contributed by atoms with Gasteiger partial charge in [0.15, 0.2) is 0 Å². The molecule has 0 atom stereocenters. The maximum atomic E-state index is 14.0. The van der Waals surface area contributed by atoms with E-state index in [1.807, 2.05) is 4.90 Å². The third kappa shape index (κ3) is 3.58. The van der Waals surface area contributed by atoms with Crippen LogP contribution in [-0.2, 0) is 6.42 Å². The van der Waals surface area contributed by atoms with Crippen LogP contribution in [0.15, 0.2) is 60.9 Å². The Kier molecular flexibility index (Phi) is 4.99. The van der Waals surface area contributed by atoms with Crippen LogP contribution in [0.2, 0.25) is 0 Å². The number of nitrogens with zero attached hydrogens (tertiary/aromatic N) is 4. The fourth-order valence-corrected chi connectivity index (χ4v) is 4.61. The predicted octanol–water partition coefficient (Wildman–Crippen LogP) is 3.93. The monoisotopic (exact) mass is 404 g/mol. The number of amides is 1. The molecule has 0 spiro atoms. The molecular weight excluding hydrogens is 379 g/mol. The molecule has 1 fully saturated rings. The summed E-state index contributed by atoms with van der Waals surface area (Å²) in [6.45, 7) is 3.66. The summed E-state index contributed by atoms with van der Waals surface area (Å²) < 4.78 is 15.4. The molecule has 6 heteroatoms. The lowest BCUT2D eigenvalue weighted by atomic mass is 9.95. The molecular formula is C24H25FN4O. The average Bonchev–Trinajstić information content (AvgIpc) is 3.42. The summed E-state index contributed by atoms with van der Waals surface area (Å²) in [5.74, 6) is 0.216. The highest BCUT2D eigenvalue weighted by molar-refractivity contribution is 5.93. The number of para-hydroxylation sites is 2. The molecule has 3 aromatic rings. The van der Waals surface area contributed by atoms with Gasteiger partial charge in [0.25, 0.3) is 5.91 Å². The molecule has 3 heterocycles. The summed E-state index contributed by atoms with van der Waals surface area (Å²) in [4.78, 5) is 17.3. The highest BCUT2D eigenvalue weighted by atomic mass is 19.1. The quantitative estimate of drug-likeness (QED) is 0.662. The first kappa shape index (κ1) is 18.9. The summed E-state index contributed by atoms with van der Waals surface area (Å²) in [6.07, 6.45) is 6.28. The van der Waals surface area contributed by atoms with Crippen molar-refractivity contribution in [3.8, 4) is 5.69 Å². The van der Waals surface area contributed by atoms with E-state index in [9.17, 15) is 9.18 Å². The molecule has 1 amide bonds. The van der Waals surface area contributed by atoms with Gasteiger partial charge in [0, 0.05) is 38.1 Å². The molecule has 2 aliphatic heterocycles. The van der Waals surface area contributed by atoms with Crippen LogP contribution in [0.1, 0.15) is 28.8 Å². The van der Waals surface area contributed by atoms with E-state index in [0.717, 1.165) is 45.4 Å². The number of carbonyl (C=O) groups is 1. The second-order valence-corrected chi connectivity index (χ2v) is 8.19. The lowest BCUT2D eigenvalue weighted by Gasteiger charge is -2.34. The molecule has 0 aliphatic carbocycles. The molecule has 30 heavy (non-hydrogen) atoms. The summed E-state index contributed by atoms with van der Waals surface area (Å²) >= 11 is 0. The maximum absolute atomic E-state index is 14.0. The van der Waals surface area contributed by atoms with E-state index in [-0.39, 0.29) is 11.7 Å². The van der Waals surface area contributed by atoms with E-state index < -0.39 is 0 Å². The molecule has 2 aromatic carbocycles. The van der Waals surface area contributed by atoms with Gasteiger partial charge in [0.2, 0.25) is 0 Å². The van der Waals surface area contributed by atoms with E-state index in [4.69, 9.17) is 0 Å². The molecule has 154 valence electrons. The molecule has 0 unspecified atom stereocenters. The van der Waals surface area contributed by atoms with Gasteiger partial charge in [-0.1, -0.05) is 30.3 Å². The van der Waals surface area contributed by atoms with Crippen molar-refractivity contribution in [2.24, 2.45) is 5.92 Å². The highest BCUT2D eigenvalue weighted by Gasteiger charge is 2.27. The molecule has 0 N–H and O–H groups in total. The Bertz CT molecular complexity index is 1050. The number of benzene rings is 2. The number of fused-ring (bicyclic) bond motifs is 1. The third-order valence-electron chi connectivity index (χ3n) is 6.29. The number of hydrogen-bond donors (Lipinski definition) is 0. The number of rotatable bonds is 4. The first-order chi connectivity index (χ1) is 14.7. The molecule has 1 aromatic heterocycles. The Labute approximate surface area is 175 Å². The Morgan fingerprint density at radius 2 is 1.73 bits per heavy atom. The minimum absolute atomic E-state index is 0.0254. The smallest absolute Gasteiger partial charge is 0.257 e. The van der Waals surface area contributed by atoms with Crippen molar-refractivity contribution < 1.29 is 9.18 Å². The van der Waals surface area contributed by atoms with Gasteiger partial charge in [0.05, 0.1) is 11.8 Å². The Morgan fingerprint density at radius 3 is 2.53 bits per heavy atom. The fourth-order valence-electron chi connectivity index (χ4n) is 4.61. The van der Waals surface area contributed by atoms with Gasteiger partial charge in [-0.15, -0.1) is 0 Å². The van der Waals surface area contributed by atoms with Crippen molar-refractivity contribution in [2.45, 2.75) is 19.3 Å². The number of carbonyl (C=O) groups excluding carboxylic acids is 1. The van der Waals surface area contributed by atoms with Gasteiger partial charge >= 0.3 is 0 Å². The standard InChI is InChI=1S/C24H25FN4O/c25-21-6-2-4-8-23(21)29-17-20(15-26-29)24(30)27-12-9-18(10-13-27)16-28-14-11-19-5-1-3-7-22(19)28/h1-8,15,17-18H,9-14,16H2. The summed E-state index contributed by atoms with van der Waals surface area (Å²) in [5, 5.41) is 4.19. The van der Waals surface area contributed by atoms with Crippen LogP contribution in [0.3, 0.4) is 0 Å². The zero-order chi connectivity index (χ0) is 20.5. The number of piperidine rings is 1. The van der Waals surface area contributed by atoms with Crippen molar-refractivity contribution in [3.05, 3.63) is 77.9 Å². The zero-order valence-corrected chi connectivity index (χ0v) is 16.9. The van der Waals surface area contributed by atoms with Crippen molar-refractivity contribution >= 4 is 11.6 Å². The SMILES string of the molecule is O=C(c1cnn(-c2ccccc2F)c1)N1CCC(CN2CCc3ccccc32)CC1. The lowest BCUT2D eigenvalue weighted by Crippen LogP contribution is -2.41. The predicted molar refractivity (Wildman–Crippen MR) is 115 cm³/mol. The van der Waals surface area contributed by atoms with Crippen LogP contribution in [0.4, 0.5) is 10.1 Å². The Balaban J connectivity index is 1.19. The number of aromatic nitrogens is 2. The summed E-state index contributed by atoms with van der Waals surface area (Å²) in [7, 11) is 0. The number of anilines is 1. The van der Waals surface area contributed by atoms with E-state index in [1.165, 1.54) is 28.2 Å². The van der Waals surface area contributed by atoms with Crippen molar-refractivity contribution in [1.82, 2.24) is 14.7 Å².